The van der Waals surface area contributed by atoms with Gasteiger partial charge in [-0.05, 0) is 37.6 Å². The summed E-state index contributed by atoms with van der Waals surface area (Å²) in [5.74, 6) is -0.479. The molecule has 132 valence electrons. The lowest BCUT2D eigenvalue weighted by Gasteiger charge is -2.03. The fourth-order valence-corrected chi connectivity index (χ4v) is 4.24. The van der Waals surface area contributed by atoms with E-state index in [0.717, 1.165) is 26.5 Å². The molecule has 0 fully saturated rings. The van der Waals surface area contributed by atoms with E-state index < -0.39 is 0 Å². The van der Waals surface area contributed by atoms with Gasteiger partial charge in [-0.25, -0.2) is 4.39 Å². The van der Waals surface area contributed by atoms with Crippen LogP contribution in [0.2, 0.25) is 0 Å². The molecule has 3 aromatic heterocycles. The molecule has 26 heavy (non-hydrogen) atoms. The molecule has 0 aliphatic carbocycles. The fourth-order valence-electron chi connectivity index (χ4n) is 2.60. The highest BCUT2D eigenvalue weighted by atomic mass is 32.1. The van der Waals surface area contributed by atoms with Gasteiger partial charge in [-0.3, -0.25) is 14.8 Å². The quantitative estimate of drug-likeness (QED) is 0.574. The minimum atomic E-state index is -0.266. The maximum absolute atomic E-state index is 13.1. The lowest BCUT2D eigenvalue weighted by Crippen LogP contribution is -2.09. The van der Waals surface area contributed by atoms with Gasteiger partial charge in [-0.1, -0.05) is 23.5 Å². The van der Waals surface area contributed by atoms with Crippen molar-refractivity contribution in [1.29, 1.82) is 0 Å². The summed E-state index contributed by atoms with van der Waals surface area (Å²) in [6, 6.07) is 8.17. The number of rotatable bonds is 4. The number of nitrogens with one attached hydrogen (secondary N) is 1. The van der Waals surface area contributed by atoms with E-state index in [1.54, 1.807) is 12.1 Å². The maximum Gasteiger partial charge on any atom is 0.267 e. The first-order valence-electron chi connectivity index (χ1n) is 7.82. The van der Waals surface area contributed by atoms with E-state index in [9.17, 15) is 9.18 Å². The number of amides is 1. The van der Waals surface area contributed by atoms with E-state index in [1.165, 1.54) is 34.8 Å². The minimum Gasteiger partial charge on any atom is -0.296 e. The Labute approximate surface area is 156 Å². The van der Waals surface area contributed by atoms with Crippen molar-refractivity contribution in [2.24, 2.45) is 0 Å². The molecule has 0 radical (unpaired) electrons. The van der Waals surface area contributed by atoms with E-state index in [-0.39, 0.29) is 11.7 Å². The highest BCUT2D eigenvalue weighted by Gasteiger charge is 2.17. The standard InChI is InChI=1S/C17H14FN5OS2/c1-9-13-7-14(15(24)19-17-21-20-10(2)25-17)26-16(13)23(22-9)8-11-3-5-12(18)6-4-11/h3-7H,8H2,1-2H3,(H,19,21,24). The molecule has 4 aromatic rings. The van der Waals surface area contributed by atoms with Crippen molar-refractivity contribution in [1.82, 2.24) is 20.0 Å². The smallest absolute Gasteiger partial charge is 0.267 e. The Bertz CT molecular complexity index is 1100. The number of hydrogen-bond donors (Lipinski definition) is 1. The summed E-state index contributed by atoms with van der Waals surface area (Å²) in [5, 5.41) is 17.3. The number of benzene rings is 1. The number of fused-ring (bicyclic) bond motifs is 1. The van der Waals surface area contributed by atoms with Gasteiger partial charge in [0.2, 0.25) is 5.13 Å². The Hall–Kier alpha value is -2.65. The van der Waals surface area contributed by atoms with Gasteiger partial charge in [-0.15, -0.1) is 21.5 Å². The molecule has 0 saturated heterocycles. The number of carbonyl (C=O) groups excluding carboxylic acids is 1. The number of thiophene rings is 1. The molecule has 4 rings (SSSR count). The van der Waals surface area contributed by atoms with Crippen LogP contribution in [0.3, 0.4) is 0 Å². The second-order valence-corrected chi connectivity index (χ2v) is 7.99. The van der Waals surface area contributed by atoms with Crippen molar-refractivity contribution in [3.05, 3.63) is 57.3 Å². The van der Waals surface area contributed by atoms with Crippen LogP contribution < -0.4 is 5.32 Å². The predicted octanol–water partition coefficient (Wildman–Crippen LogP) is 4.01. The first kappa shape index (κ1) is 16.8. The van der Waals surface area contributed by atoms with Crippen LogP contribution in [0, 0.1) is 19.7 Å². The molecule has 0 atom stereocenters. The van der Waals surface area contributed by atoms with Crippen molar-refractivity contribution in [2.45, 2.75) is 20.4 Å². The highest BCUT2D eigenvalue weighted by molar-refractivity contribution is 7.20. The predicted molar refractivity (Wildman–Crippen MR) is 100 cm³/mol. The SMILES string of the molecule is Cc1nnc(NC(=O)c2cc3c(C)nn(Cc4ccc(F)cc4)c3s2)s1. The lowest BCUT2D eigenvalue weighted by molar-refractivity contribution is 0.103. The summed E-state index contributed by atoms with van der Waals surface area (Å²) >= 11 is 2.70. The highest BCUT2D eigenvalue weighted by Crippen LogP contribution is 2.29. The summed E-state index contributed by atoms with van der Waals surface area (Å²) in [7, 11) is 0. The molecule has 1 N–H and O–H groups in total. The van der Waals surface area contributed by atoms with E-state index in [4.69, 9.17) is 0 Å². The summed E-state index contributed by atoms with van der Waals surface area (Å²) in [4.78, 5) is 14.0. The number of aromatic nitrogens is 4. The zero-order valence-corrected chi connectivity index (χ0v) is 15.6. The summed E-state index contributed by atoms with van der Waals surface area (Å²) in [6.45, 7) is 4.26. The number of nitrogens with zero attached hydrogens (tertiary/aromatic N) is 4. The van der Waals surface area contributed by atoms with Gasteiger partial charge < -0.3 is 0 Å². The monoisotopic (exact) mass is 387 g/mol. The number of aryl methyl sites for hydroxylation is 2. The Morgan fingerprint density at radius 3 is 2.65 bits per heavy atom. The van der Waals surface area contributed by atoms with Crippen LogP contribution in [0.5, 0.6) is 0 Å². The number of hydrogen-bond acceptors (Lipinski definition) is 6. The molecule has 0 bridgehead atoms. The van der Waals surface area contributed by atoms with E-state index in [1.807, 2.05) is 24.6 Å². The van der Waals surface area contributed by atoms with Crippen LogP contribution in [0.4, 0.5) is 9.52 Å². The Morgan fingerprint density at radius 1 is 1.19 bits per heavy atom. The zero-order chi connectivity index (χ0) is 18.3. The van der Waals surface area contributed by atoms with Crippen LogP contribution in [-0.4, -0.2) is 25.9 Å². The number of carbonyl (C=O) groups is 1. The summed E-state index contributed by atoms with van der Waals surface area (Å²) in [5.41, 5.74) is 1.80. The second-order valence-electron chi connectivity index (χ2n) is 5.78. The number of anilines is 1. The van der Waals surface area contributed by atoms with Gasteiger partial charge in [-0.2, -0.15) is 5.10 Å². The van der Waals surface area contributed by atoms with Crippen LogP contribution >= 0.6 is 22.7 Å². The van der Waals surface area contributed by atoms with Crippen molar-refractivity contribution < 1.29 is 9.18 Å². The molecule has 6 nitrogen and oxygen atoms in total. The zero-order valence-electron chi connectivity index (χ0n) is 14.0. The molecular formula is C17H14FN5OS2. The average molecular weight is 387 g/mol. The molecule has 0 spiro atoms. The lowest BCUT2D eigenvalue weighted by atomic mass is 10.2. The van der Waals surface area contributed by atoms with Gasteiger partial charge in [0, 0.05) is 5.39 Å². The van der Waals surface area contributed by atoms with Gasteiger partial charge in [0.15, 0.2) is 0 Å². The molecular weight excluding hydrogens is 373 g/mol. The third kappa shape index (κ3) is 3.23. The fraction of sp³-hybridized carbons (Fsp3) is 0.176. The Morgan fingerprint density at radius 2 is 1.96 bits per heavy atom. The molecule has 0 aliphatic heterocycles. The first-order valence-corrected chi connectivity index (χ1v) is 9.46. The van der Waals surface area contributed by atoms with Crippen molar-refractivity contribution in [3.8, 4) is 0 Å². The normalized spacial score (nSPS) is 11.2. The Kier molecular flexibility index (Phi) is 4.25. The van der Waals surface area contributed by atoms with Crippen LogP contribution in [0.1, 0.15) is 25.9 Å². The average Bonchev–Trinajstić information content (AvgIpc) is 3.28. The van der Waals surface area contributed by atoms with Crippen LogP contribution in [0.25, 0.3) is 10.2 Å². The topological polar surface area (TPSA) is 72.7 Å². The van der Waals surface area contributed by atoms with Crippen molar-refractivity contribution in [3.63, 3.8) is 0 Å². The van der Waals surface area contributed by atoms with E-state index in [2.05, 4.69) is 20.6 Å². The third-order valence-corrected chi connectivity index (χ3v) is 5.72. The van der Waals surface area contributed by atoms with Crippen molar-refractivity contribution in [2.75, 3.05) is 5.32 Å². The Balaban J connectivity index is 1.62. The van der Waals surface area contributed by atoms with E-state index in [0.29, 0.717) is 16.6 Å². The van der Waals surface area contributed by atoms with Crippen molar-refractivity contribution >= 4 is 43.9 Å². The van der Waals surface area contributed by atoms with Crippen LogP contribution in [0.15, 0.2) is 30.3 Å². The minimum absolute atomic E-state index is 0.213. The summed E-state index contributed by atoms with van der Waals surface area (Å²) in [6.07, 6.45) is 0. The molecule has 0 aliphatic rings. The molecule has 0 saturated carbocycles. The molecule has 0 unspecified atom stereocenters. The third-order valence-electron chi connectivity index (χ3n) is 3.82. The largest absolute Gasteiger partial charge is 0.296 e. The van der Waals surface area contributed by atoms with Gasteiger partial charge in [0.05, 0.1) is 17.1 Å². The first-order chi connectivity index (χ1) is 12.5. The molecule has 1 amide bonds. The van der Waals surface area contributed by atoms with Crippen LogP contribution in [-0.2, 0) is 6.54 Å². The van der Waals surface area contributed by atoms with Gasteiger partial charge in [0.25, 0.3) is 5.91 Å². The molecule has 1 aromatic carbocycles. The second kappa shape index (κ2) is 6.58. The van der Waals surface area contributed by atoms with Gasteiger partial charge >= 0.3 is 0 Å². The molecule has 3 heterocycles. The van der Waals surface area contributed by atoms with Gasteiger partial charge in [0.1, 0.15) is 15.7 Å². The van der Waals surface area contributed by atoms with E-state index >= 15 is 0 Å². The maximum atomic E-state index is 13.1. The molecule has 9 heteroatoms. The summed E-state index contributed by atoms with van der Waals surface area (Å²) < 4.78 is 14.9. The number of halogens is 1.